The summed E-state index contributed by atoms with van der Waals surface area (Å²) in [7, 11) is 0. The lowest BCUT2D eigenvalue weighted by Crippen LogP contribution is -2.30. The van der Waals surface area contributed by atoms with Crippen molar-refractivity contribution >= 4 is 27.3 Å². The molecule has 0 unspecified atom stereocenters. The first-order valence-electron chi connectivity index (χ1n) is 8.34. The fraction of sp³-hybridized carbons (Fsp3) is 0.250. The molecule has 0 radical (unpaired) electrons. The number of para-hydroxylation sites is 2. The molecule has 0 saturated heterocycles. The number of fused-ring (bicyclic) bond motifs is 1. The number of carbonyl (C=O) groups is 1. The van der Waals surface area contributed by atoms with Crippen molar-refractivity contribution in [2.45, 2.75) is 13.3 Å². The van der Waals surface area contributed by atoms with Crippen LogP contribution in [0.5, 0.6) is 11.5 Å². The number of hydrogen-bond acceptors (Lipinski definition) is 4. The summed E-state index contributed by atoms with van der Waals surface area (Å²) in [5, 5.41) is 6.33. The van der Waals surface area contributed by atoms with E-state index >= 15 is 0 Å². The van der Waals surface area contributed by atoms with Crippen molar-refractivity contribution < 1.29 is 14.3 Å². The summed E-state index contributed by atoms with van der Waals surface area (Å²) in [5.41, 5.74) is 1.27. The normalized spacial score (nSPS) is 10.6. The number of nitrogens with one attached hydrogen (secondary N) is 1. The van der Waals surface area contributed by atoms with Crippen molar-refractivity contribution in [2.75, 3.05) is 19.8 Å². The van der Waals surface area contributed by atoms with Crippen molar-refractivity contribution in [3.63, 3.8) is 0 Å². The Hall–Kier alpha value is -2.53. The van der Waals surface area contributed by atoms with Crippen LogP contribution in [0.2, 0.25) is 0 Å². The van der Waals surface area contributed by atoms with Gasteiger partial charge in [0.05, 0.1) is 6.61 Å². The number of benzene rings is 2. The largest absolute Gasteiger partial charge is 0.490 e. The molecule has 0 aliphatic heterocycles. The molecule has 0 fully saturated rings. The first-order valence-corrected chi connectivity index (χ1v) is 9.22. The van der Waals surface area contributed by atoms with Crippen LogP contribution >= 0.6 is 11.3 Å². The summed E-state index contributed by atoms with van der Waals surface area (Å²) in [4.78, 5) is 12.0. The van der Waals surface area contributed by atoms with Crippen LogP contribution in [-0.4, -0.2) is 25.7 Å². The lowest BCUT2D eigenvalue weighted by molar-refractivity contribution is -0.123. The second-order valence-electron chi connectivity index (χ2n) is 5.53. The van der Waals surface area contributed by atoms with Gasteiger partial charge in [-0.05, 0) is 47.9 Å². The van der Waals surface area contributed by atoms with E-state index in [1.807, 2.05) is 37.3 Å². The molecule has 1 heterocycles. The van der Waals surface area contributed by atoms with Crippen LogP contribution in [0.25, 0.3) is 10.1 Å². The third-order valence-corrected chi connectivity index (χ3v) is 4.80. The minimum absolute atomic E-state index is 0.0194. The number of carbonyl (C=O) groups excluding carboxylic acids is 1. The number of ether oxygens (including phenoxy) is 2. The lowest BCUT2D eigenvalue weighted by atomic mass is 10.1. The van der Waals surface area contributed by atoms with Crippen LogP contribution in [0.1, 0.15) is 12.5 Å². The van der Waals surface area contributed by atoms with Gasteiger partial charge in [-0.2, -0.15) is 0 Å². The van der Waals surface area contributed by atoms with Gasteiger partial charge in [0.2, 0.25) is 0 Å². The zero-order chi connectivity index (χ0) is 17.5. The number of thiophene rings is 1. The molecule has 3 aromatic rings. The van der Waals surface area contributed by atoms with E-state index in [0.717, 1.165) is 6.42 Å². The van der Waals surface area contributed by atoms with Crippen LogP contribution in [0.3, 0.4) is 0 Å². The van der Waals surface area contributed by atoms with Gasteiger partial charge in [-0.15, -0.1) is 11.3 Å². The summed E-state index contributed by atoms with van der Waals surface area (Å²) in [6.45, 7) is 3.04. The Morgan fingerprint density at radius 2 is 1.76 bits per heavy atom. The molecule has 0 atom stereocenters. The quantitative estimate of drug-likeness (QED) is 0.663. The number of hydrogen-bond donors (Lipinski definition) is 1. The molecule has 0 spiro atoms. The molecular formula is C20H21NO3S. The van der Waals surface area contributed by atoms with Gasteiger partial charge in [-0.1, -0.05) is 30.3 Å². The molecule has 4 nitrogen and oxygen atoms in total. The van der Waals surface area contributed by atoms with Crippen molar-refractivity contribution in [3.05, 3.63) is 59.5 Å². The fourth-order valence-electron chi connectivity index (χ4n) is 2.60. The van der Waals surface area contributed by atoms with E-state index < -0.39 is 0 Å². The Morgan fingerprint density at radius 3 is 2.56 bits per heavy atom. The molecule has 1 amide bonds. The molecular weight excluding hydrogens is 334 g/mol. The predicted molar refractivity (Wildman–Crippen MR) is 102 cm³/mol. The molecule has 0 aliphatic rings. The Labute approximate surface area is 151 Å². The lowest BCUT2D eigenvalue weighted by Gasteiger charge is -2.11. The standard InChI is InChI=1S/C20H21NO3S/c1-2-23-17-8-4-5-9-18(17)24-13-20(22)21-12-11-15-14-25-19-10-6-3-7-16(15)19/h3-10,14H,2,11-13H2,1H3,(H,21,22). The van der Waals surface area contributed by atoms with E-state index in [2.05, 4.69) is 22.8 Å². The van der Waals surface area contributed by atoms with Gasteiger partial charge in [0.1, 0.15) is 0 Å². The molecule has 0 saturated carbocycles. The Balaban J connectivity index is 1.47. The maximum absolute atomic E-state index is 12.0. The highest BCUT2D eigenvalue weighted by Gasteiger charge is 2.08. The van der Waals surface area contributed by atoms with Crippen LogP contribution in [0.15, 0.2) is 53.9 Å². The minimum atomic E-state index is -0.133. The van der Waals surface area contributed by atoms with Crippen LogP contribution < -0.4 is 14.8 Å². The molecule has 1 aromatic heterocycles. The van der Waals surface area contributed by atoms with Gasteiger partial charge in [0, 0.05) is 11.2 Å². The first-order chi connectivity index (χ1) is 12.3. The molecule has 5 heteroatoms. The third-order valence-electron chi connectivity index (χ3n) is 3.79. The van der Waals surface area contributed by atoms with Gasteiger partial charge in [0.25, 0.3) is 5.91 Å². The van der Waals surface area contributed by atoms with E-state index in [9.17, 15) is 4.79 Å². The van der Waals surface area contributed by atoms with E-state index in [4.69, 9.17) is 9.47 Å². The summed E-state index contributed by atoms with van der Waals surface area (Å²) in [6, 6.07) is 15.7. The third kappa shape index (κ3) is 4.51. The smallest absolute Gasteiger partial charge is 0.257 e. The van der Waals surface area contributed by atoms with E-state index in [1.165, 1.54) is 15.6 Å². The fourth-order valence-corrected chi connectivity index (χ4v) is 3.60. The highest BCUT2D eigenvalue weighted by Crippen LogP contribution is 2.26. The summed E-state index contributed by atoms with van der Waals surface area (Å²) in [5.74, 6) is 1.11. The maximum Gasteiger partial charge on any atom is 0.257 e. The Morgan fingerprint density at radius 1 is 1.04 bits per heavy atom. The van der Waals surface area contributed by atoms with Gasteiger partial charge >= 0.3 is 0 Å². The van der Waals surface area contributed by atoms with Crippen molar-refractivity contribution in [2.24, 2.45) is 0 Å². The van der Waals surface area contributed by atoms with Gasteiger partial charge in [-0.25, -0.2) is 0 Å². The topological polar surface area (TPSA) is 47.6 Å². The highest BCUT2D eigenvalue weighted by molar-refractivity contribution is 7.17. The molecule has 0 bridgehead atoms. The highest BCUT2D eigenvalue weighted by atomic mass is 32.1. The van der Waals surface area contributed by atoms with Gasteiger partial charge in [-0.3, -0.25) is 4.79 Å². The summed E-state index contributed by atoms with van der Waals surface area (Å²) < 4.78 is 12.3. The average molecular weight is 355 g/mol. The maximum atomic E-state index is 12.0. The second kappa shape index (κ2) is 8.53. The van der Waals surface area contributed by atoms with Crippen LogP contribution in [-0.2, 0) is 11.2 Å². The molecule has 1 N–H and O–H groups in total. The zero-order valence-corrected chi connectivity index (χ0v) is 15.0. The monoisotopic (exact) mass is 355 g/mol. The second-order valence-corrected chi connectivity index (χ2v) is 6.44. The molecule has 0 aliphatic carbocycles. The SMILES string of the molecule is CCOc1ccccc1OCC(=O)NCCc1csc2ccccc12. The average Bonchev–Trinajstić information content (AvgIpc) is 3.05. The van der Waals surface area contributed by atoms with Crippen LogP contribution in [0, 0.1) is 0 Å². The Kier molecular flexibility index (Phi) is 5.90. The predicted octanol–water partition coefficient (Wildman–Crippen LogP) is 4.04. The summed E-state index contributed by atoms with van der Waals surface area (Å²) >= 11 is 1.74. The molecule has 2 aromatic carbocycles. The number of rotatable bonds is 8. The first kappa shape index (κ1) is 17.3. The van der Waals surface area contributed by atoms with E-state index in [0.29, 0.717) is 24.7 Å². The molecule has 3 rings (SSSR count). The van der Waals surface area contributed by atoms with Crippen LogP contribution in [0.4, 0.5) is 0 Å². The molecule has 25 heavy (non-hydrogen) atoms. The van der Waals surface area contributed by atoms with Crippen molar-refractivity contribution in [3.8, 4) is 11.5 Å². The van der Waals surface area contributed by atoms with E-state index in [-0.39, 0.29) is 12.5 Å². The minimum Gasteiger partial charge on any atom is -0.490 e. The molecule has 130 valence electrons. The summed E-state index contributed by atoms with van der Waals surface area (Å²) in [6.07, 6.45) is 0.811. The number of amides is 1. The van der Waals surface area contributed by atoms with Gasteiger partial charge in [0.15, 0.2) is 18.1 Å². The Bertz CT molecular complexity index is 844. The van der Waals surface area contributed by atoms with Crippen molar-refractivity contribution in [1.82, 2.24) is 5.32 Å². The zero-order valence-electron chi connectivity index (χ0n) is 14.2. The van der Waals surface area contributed by atoms with Gasteiger partial charge < -0.3 is 14.8 Å². The van der Waals surface area contributed by atoms with Crippen molar-refractivity contribution in [1.29, 1.82) is 0 Å². The van der Waals surface area contributed by atoms with E-state index in [1.54, 1.807) is 17.4 Å².